The second kappa shape index (κ2) is 7.13. The Morgan fingerprint density at radius 3 is 2.50 bits per heavy atom. The average Bonchev–Trinajstić information content (AvgIpc) is 2.85. The number of imide groups is 1. The minimum Gasteiger partial charge on any atom is -0.377 e. The lowest BCUT2D eigenvalue weighted by atomic mass is 10.1. The molecule has 0 spiro atoms. The Morgan fingerprint density at radius 2 is 1.88 bits per heavy atom. The van der Waals surface area contributed by atoms with Crippen LogP contribution in [-0.2, 0) is 9.53 Å². The maximum absolute atomic E-state index is 12.4. The normalized spacial score (nSPS) is 20.5. The Hall–Kier alpha value is -2.21. The summed E-state index contributed by atoms with van der Waals surface area (Å²) >= 11 is 0. The number of carbonyl (C=O) groups is 3. The topological polar surface area (TPSA) is 66.9 Å². The number of hydrogen-bond donors (Lipinski definition) is 0. The molecule has 128 valence electrons. The number of amides is 3. The summed E-state index contributed by atoms with van der Waals surface area (Å²) < 4.78 is 5.61. The molecule has 0 aliphatic carbocycles. The van der Waals surface area contributed by atoms with E-state index in [1.165, 1.54) is 4.90 Å². The Bertz CT molecular complexity index is 621. The molecule has 2 aliphatic heterocycles. The molecule has 6 nitrogen and oxygen atoms in total. The van der Waals surface area contributed by atoms with E-state index in [2.05, 4.69) is 0 Å². The van der Waals surface area contributed by atoms with E-state index in [1.807, 2.05) is 6.92 Å². The monoisotopic (exact) mass is 330 g/mol. The molecule has 2 heterocycles. The van der Waals surface area contributed by atoms with Crippen LogP contribution < -0.4 is 0 Å². The predicted molar refractivity (Wildman–Crippen MR) is 87.7 cm³/mol. The number of ether oxygens (including phenoxy) is 1. The number of piperidine rings is 1. The van der Waals surface area contributed by atoms with Crippen LogP contribution in [0.5, 0.6) is 0 Å². The number of nitrogens with zero attached hydrogens (tertiary/aromatic N) is 2. The quantitative estimate of drug-likeness (QED) is 0.771. The van der Waals surface area contributed by atoms with E-state index in [0.717, 1.165) is 12.8 Å². The Kier molecular flexibility index (Phi) is 4.94. The third kappa shape index (κ3) is 3.19. The third-order valence-electron chi connectivity index (χ3n) is 4.56. The molecule has 1 atom stereocenters. The SMILES string of the molecule is CCOC1CCCN(C(=O)CCN2C(=O)c3ccccc3C2=O)C1. The first-order valence-electron chi connectivity index (χ1n) is 8.46. The standard InChI is InChI=1S/C18H22N2O4/c1-2-24-13-6-5-10-19(12-13)16(21)9-11-20-17(22)14-7-3-4-8-15(14)18(20)23/h3-4,7-8,13H,2,5-6,9-12H2,1H3. The summed E-state index contributed by atoms with van der Waals surface area (Å²) in [5.41, 5.74) is 0.841. The van der Waals surface area contributed by atoms with Gasteiger partial charge in [0.05, 0.1) is 17.2 Å². The summed E-state index contributed by atoms with van der Waals surface area (Å²) in [5.74, 6) is -0.653. The number of rotatable bonds is 5. The van der Waals surface area contributed by atoms with E-state index in [-0.39, 0.29) is 36.8 Å². The molecule has 0 radical (unpaired) electrons. The van der Waals surface area contributed by atoms with Gasteiger partial charge >= 0.3 is 0 Å². The molecular weight excluding hydrogens is 308 g/mol. The number of carbonyl (C=O) groups excluding carboxylic acids is 3. The maximum atomic E-state index is 12.4. The van der Waals surface area contributed by atoms with Crippen LogP contribution in [0, 0.1) is 0 Å². The van der Waals surface area contributed by atoms with Gasteiger partial charge in [-0.15, -0.1) is 0 Å². The van der Waals surface area contributed by atoms with Gasteiger partial charge in [0.2, 0.25) is 5.91 Å². The van der Waals surface area contributed by atoms with Crippen LogP contribution in [0.4, 0.5) is 0 Å². The van der Waals surface area contributed by atoms with Crippen molar-refractivity contribution in [3.63, 3.8) is 0 Å². The summed E-state index contributed by atoms with van der Waals surface area (Å²) in [5, 5.41) is 0. The van der Waals surface area contributed by atoms with Crippen molar-refractivity contribution in [2.75, 3.05) is 26.2 Å². The maximum Gasteiger partial charge on any atom is 0.261 e. The van der Waals surface area contributed by atoms with E-state index in [1.54, 1.807) is 29.2 Å². The van der Waals surface area contributed by atoms with Crippen LogP contribution in [0.25, 0.3) is 0 Å². The van der Waals surface area contributed by atoms with E-state index in [9.17, 15) is 14.4 Å². The Labute approximate surface area is 141 Å². The minimum absolute atomic E-state index is 0.0315. The van der Waals surface area contributed by atoms with E-state index < -0.39 is 0 Å². The summed E-state index contributed by atoms with van der Waals surface area (Å²) in [4.78, 5) is 40.0. The van der Waals surface area contributed by atoms with Crippen molar-refractivity contribution in [2.24, 2.45) is 0 Å². The molecule has 6 heteroatoms. The van der Waals surface area contributed by atoms with Crippen LogP contribution in [0.15, 0.2) is 24.3 Å². The largest absolute Gasteiger partial charge is 0.377 e. The van der Waals surface area contributed by atoms with Crippen LogP contribution in [0.3, 0.4) is 0 Å². The van der Waals surface area contributed by atoms with Gasteiger partial charge in [-0.3, -0.25) is 19.3 Å². The van der Waals surface area contributed by atoms with Gasteiger partial charge in [-0.05, 0) is 31.9 Å². The zero-order valence-electron chi connectivity index (χ0n) is 13.9. The molecule has 2 aliphatic rings. The number of benzene rings is 1. The lowest BCUT2D eigenvalue weighted by Crippen LogP contribution is -2.44. The lowest BCUT2D eigenvalue weighted by Gasteiger charge is -2.32. The Balaban J connectivity index is 1.57. The van der Waals surface area contributed by atoms with Gasteiger partial charge in [0, 0.05) is 32.7 Å². The van der Waals surface area contributed by atoms with Crippen LogP contribution in [-0.4, -0.2) is 59.9 Å². The molecule has 3 rings (SSSR count). The van der Waals surface area contributed by atoms with Crippen molar-refractivity contribution in [1.29, 1.82) is 0 Å². The van der Waals surface area contributed by atoms with Gasteiger partial charge in [0.1, 0.15) is 0 Å². The van der Waals surface area contributed by atoms with E-state index >= 15 is 0 Å². The fourth-order valence-corrected chi connectivity index (χ4v) is 3.34. The minimum atomic E-state index is -0.311. The fourth-order valence-electron chi connectivity index (χ4n) is 3.34. The van der Waals surface area contributed by atoms with Crippen LogP contribution >= 0.6 is 0 Å². The summed E-state index contributed by atoms with van der Waals surface area (Å²) in [6.45, 7) is 4.02. The highest BCUT2D eigenvalue weighted by molar-refractivity contribution is 6.21. The van der Waals surface area contributed by atoms with Crippen molar-refractivity contribution in [3.05, 3.63) is 35.4 Å². The van der Waals surface area contributed by atoms with Crippen molar-refractivity contribution >= 4 is 17.7 Å². The highest BCUT2D eigenvalue weighted by atomic mass is 16.5. The fraction of sp³-hybridized carbons (Fsp3) is 0.500. The molecule has 0 saturated carbocycles. The predicted octanol–water partition coefficient (Wildman–Crippen LogP) is 1.70. The zero-order chi connectivity index (χ0) is 17.1. The molecular formula is C18H22N2O4. The van der Waals surface area contributed by atoms with Gasteiger partial charge in [-0.2, -0.15) is 0 Å². The van der Waals surface area contributed by atoms with Crippen molar-refractivity contribution in [1.82, 2.24) is 9.80 Å². The van der Waals surface area contributed by atoms with Gasteiger partial charge in [-0.25, -0.2) is 0 Å². The van der Waals surface area contributed by atoms with Gasteiger partial charge in [-0.1, -0.05) is 12.1 Å². The first kappa shape index (κ1) is 16.6. The van der Waals surface area contributed by atoms with Crippen LogP contribution in [0.1, 0.15) is 46.9 Å². The molecule has 0 N–H and O–H groups in total. The van der Waals surface area contributed by atoms with Crippen molar-refractivity contribution < 1.29 is 19.1 Å². The lowest BCUT2D eigenvalue weighted by molar-refractivity contribution is -0.135. The molecule has 1 aromatic rings. The number of hydrogen-bond acceptors (Lipinski definition) is 4. The molecule has 1 aromatic carbocycles. The van der Waals surface area contributed by atoms with E-state index in [0.29, 0.717) is 30.8 Å². The first-order valence-corrected chi connectivity index (χ1v) is 8.46. The summed E-state index contributed by atoms with van der Waals surface area (Å²) in [7, 11) is 0. The summed E-state index contributed by atoms with van der Waals surface area (Å²) in [6, 6.07) is 6.77. The molecule has 3 amide bonds. The van der Waals surface area contributed by atoms with Gasteiger partial charge in [0.25, 0.3) is 11.8 Å². The second-order valence-corrected chi connectivity index (χ2v) is 6.12. The average molecular weight is 330 g/mol. The zero-order valence-corrected chi connectivity index (χ0v) is 13.9. The van der Waals surface area contributed by atoms with Crippen LogP contribution in [0.2, 0.25) is 0 Å². The van der Waals surface area contributed by atoms with E-state index in [4.69, 9.17) is 4.74 Å². The highest BCUT2D eigenvalue weighted by Crippen LogP contribution is 2.23. The molecule has 0 bridgehead atoms. The molecule has 0 aromatic heterocycles. The third-order valence-corrected chi connectivity index (χ3v) is 4.56. The van der Waals surface area contributed by atoms with Gasteiger partial charge < -0.3 is 9.64 Å². The molecule has 1 fully saturated rings. The number of fused-ring (bicyclic) bond motifs is 1. The summed E-state index contributed by atoms with van der Waals surface area (Å²) in [6.07, 6.45) is 2.14. The van der Waals surface area contributed by atoms with Gasteiger partial charge in [0.15, 0.2) is 0 Å². The molecule has 1 unspecified atom stereocenters. The molecule has 24 heavy (non-hydrogen) atoms. The second-order valence-electron chi connectivity index (χ2n) is 6.12. The first-order chi connectivity index (χ1) is 11.6. The number of likely N-dealkylation sites (tertiary alicyclic amines) is 1. The van der Waals surface area contributed by atoms with Crippen molar-refractivity contribution in [2.45, 2.75) is 32.3 Å². The highest BCUT2D eigenvalue weighted by Gasteiger charge is 2.35. The Morgan fingerprint density at radius 1 is 1.21 bits per heavy atom. The molecule has 1 saturated heterocycles. The van der Waals surface area contributed by atoms with Crippen molar-refractivity contribution in [3.8, 4) is 0 Å². The smallest absolute Gasteiger partial charge is 0.261 e.